The molecule has 1 aromatic rings. The quantitative estimate of drug-likeness (QED) is 0.108. The zero-order valence-electron chi connectivity index (χ0n) is 28.7. The Bertz CT molecular complexity index is 875. The molecule has 1 rings (SSSR count). The van der Waals surface area contributed by atoms with E-state index in [1.165, 1.54) is 0 Å². The summed E-state index contributed by atoms with van der Waals surface area (Å²) in [5.41, 5.74) is 5.74. The van der Waals surface area contributed by atoms with Gasteiger partial charge in [-0.2, -0.15) is 0 Å². The first-order valence-corrected chi connectivity index (χ1v) is 15.9. The number of carbonyl (C=O) groups excluding carboxylic acids is 2. The molecule has 2 N–H and O–H groups in total. The average molecular weight is 660 g/mol. The molecule has 1 aromatic carbocycles. The number of ether oxygens (including phenoxy) is 10. The Morgan fingerprint density at radius 2 is 0.804 bits per heavy atom. The molecule has 13 nitrogen and oxygen atoms in total. The molecule has 0 atom stereocenters. The van der Waals surface area contributed by atoms with Gasteiger partial charge >= 0.3 is 11.9 Å². The van der Waals surface area contributed by atoms with E-state index < -0.39 is 11.2 Å². The van der Waals surface area contributed by atoms with E-state index in [-0.39, 0.29) is 24.8 Å². The molecule has 0 aromatic heterocycles. The van der Waals surface area contributed by atoms with Gasteiger partial charge in [0.05, 0.1) is 92.1 Å². The molecule has 0 aliphatic carbocycles. The lowest BCUT2D eigenvalue weighted by atomic mass is 10.2. The molecule has 46 heavy (non-hydrogen) atoms. The van der Waals surface area contributed by atoms with Crippen LogP contribution in [0.25, 0.3) is 0 Å². The summed E-state index contributed by atoms with van der Waals surface area (Å²) in [7, 11) is 0. The van der Waals surface area contributed by atoms with Crippen LogP contribution in [0.1, 0.15) is 59.9 Å². The van der Waals surface area contributed by atoms with Crippen LogP contribution >= 0.6 is 0 Å². The molecule has 0 saturated heterocycles. The van der Waals surface area contributed by atoms with Gasteiger partial charge in [-0.05, 0) is 59.2 Å². The van der Waals surface area contributed by atoms with E-state index in [9.17, 15) is 9.59 Å². The van der Waals surface area contributed by atoms with Gasteiger partial charge in [0.25, 0.3) is 0 Å². The SMILES string of the molecule is CC(C)(C)OC(=O)CCOCCOCCOCCOc1cc(CN)cc(OCCOCCOCCOCCC(=O)OC(C)(C)C)c1. The molecule has 0 amide bonds. The van der Waals surface area contributed by atoms with Crippen LogP contribution < -0.4 is 15.2 Å². The summed E-state index contributed by atoms with van der Waals surface area (Å²) >= 11 is 0. The normalized spacial score (nSPS) is 11.8. The van der Waals surface area contributed by atoms with Gasteiger partial charge in [0.2, 0.25) is 0 Å². The summed E-state index contributed by atoms with van der Waals surface area (Å²) in [6.07, 6.45) is 0.430. The van der Waals surface area contributed by atoms with Gasteiger partial charge in [-0.15, -0.1) is 0 Å². The predicted molar refractivity (Wildman–Crippen MR) is 171 cm³/mol. The zero-order valence-corrected chi connectivity index (χ0v) is 28.7. The van der Waals surface area contributed by atoms with Crippen LogP contribution in [0.4, 0.5) is 0 Å². The summed E-state index contributed by atoms with van der Waals surface area (Å²) in [6.45, 7) is 16.8. The molecular weight excluding hydrogens is 602 g/mol. The first kappa shape index (κ1) is 41.5. The Morgan fingerprint density at radius 1 is 0.500 bits per heavy atom. The highest BCUT2D eigenvalue weighted by molar-refractivity contribution is 5.70. The van der Waals surface area contributed by atoms with Crippen molar-refractivity contribution in [2.75, 3.05) is 92.5 Å². The molecular formula is C33H57NO12. The number of rotatable bonds is 27. The van der Waals surface area contributed by atoms with Crippen molar-refractivity contribution in [3.63, 3.8) is 0 Å². The van der Waals surface area contributed by atoms with Crippen LogP contribution in [0.5, 0.6) is 11.5 Å². The number of nitrogens with two attached hydrogens (primary N) is 1. The lowest BCUT2D eigenvalue weighted by Gasteiger charge is -2.19. The van der Waals surface area contributed by atoms with E-state index in [4.69, 9.17) is 53.1 Å². The van der Waals surface area contributed by atoms with Crippen molar-refractivity contribution >= 4 is 11.9 Å². The monoisotopic (exact) mass is 659 g/mol. The predicted octanol–water partition coefficient (Wildman–Crippen LogP) is 3.47. The van der Waals surface area contributed by atoms with Crippen LogP contribution in [-0.2, 0) is 54.0 Å². The van der Waals surface area contributed by atoms with Crippen molar-refractivity contribution in [2.45, 2.75) is 72.1 Å². The number of esters is 2. The fourth-order valence-electron chi connectivity index (χ4n) is 3.53. The average Bonchev–Trinajstić information content (AvgIpc) is 2.96. The highest BCUT2D eigenvalue weighted by Crippen LogP contribution is 2.23. The Kier molecular flexibility index (Phi) is 22.2. The molecule has 266 valence electrons. The van der Waals surface area contributed by atoms with E-state index in [2.05, 4.69) is 0 Å². The molecule has 0 bridgehead atoms. The molecule has 0 spiro atoms. The fraction of sp³-hybridized carbons (Fsp3) is 0.758. The molecule has 0 radical (unpaired) electrons. The smallest absolute Gasteiger partial charge is 0.308 e. The van der Waals surface area contributed by atoms with Gasteiger partial charge in [0.15, 0.2) is 0 Å². The third-order valence-electron chi connectivity index (χ3n) is 5.40. The van der Waals surface area contributed by atoms with Gasteiger partial charge in [0.1, 0.15) is 35.9 Å². The zero-order chi connectivity index (χ0) is 34.1. The molecule has 0 aliphatic heterocycles. The van der Waals surface area contributed by atoms with Crippen LogP contribution in [0, 0.1) is 0 Å². The summed E-state index contributed by atoms with van der Waals surface area (Å²) in [6, 6.07) is 5.54. The molecule has 0 aliphatic rings. The van der Waals surface area contributed by atoms with Crippen LogP contribution in [0.3, 0.4) is 0 Å². The lowest BCUT2D eigenvalue weighted by molar-refractivity contribution is -0.157. The summed E-state index contributed by atoms with van der Waals surface area (Å²) in [4.78, 5) is 23.2. The van der Waals surface area contributed by atoms with Crippen molar-refractivity contribution in [2.24, 2.45) is 5.73 Å². The number of carbonyl (C=O) groups is 2. The highest BCUT2D eigenvalue weighted by Gasteiger charge is 2.16. The number of hydrogen-bond donors (Lipinski definition) is 1. The van der Waals surface area contributed by atoms with E-state index in [1.54, 1.807) is 6.07 Å². The van der Waals surface area contributed by atoms with Gasteiger partial charge in [0, 0.05) is 12.6 Å². The summed E-state index contributed by atoms with van der Waals surface area (Å²) < 4.78 is 54.9. The van der Waals surface area contributed by atoms with Crippen molar-refractivity contribution in [3.8, 4) is 11.5 Å². The number of benzene rings is 1. The second-order valence-electron chi connectivity index (χ2n) is 12.1. The molecule has 0 unspecified atom stereocenters. The van der Waals surface area contributed by atoms with E-state index in [0.29, 0.717) is 111 Å². The third-order valence-corrected chi connectivity index (χ3v) is 5.40. The van der Waals surface area contributed by atoms with E-state index in [1.807, 2.05) is 53.7 Å². The molecule has 0 saturated carbocycles. The second kappa shape index (κ2) is 24.6. The minimum Gasteiger partial charge on any atom is -0.491 e. The maximum atomic E-state index is 11.6. The van der Waals surface area contributed by atoms with Crippen molar-refractivity contribution < 1.29 is 57.0 Å². The van der Waals surface area contributed by atoms with Gasteiger partial charge in [-0.1, -0.05) is 0 Å². The summed E-state index contributed by atoms with van der Waals surface area (Å²) in [5, 5.41) is 0. The van der Waals surface area contributed by atoms with Crippen molar-refractivity contribution in [3.05, 3.63) is 23.8 Å². The minimum absolute atomic E-state index is 0.215. The maximum absolute atomic E-state index is 11.6. The largest absolute Gasteiger partial charge is 0.491 e. The van der Waals surface area contributed by atoms with Crippen molar-refractivity contribution in [1.29, 1.82) is 0 Å². The van der Waals surface area contributed by atoms with E-state index in [0.717, 1.165) is 5.56 Å². The van der Waals surface area contributed by atoms with Gasteiger partial charge in [-0.3, -0.25) is 9.59 Å². The van der Waals surface area contributed by atoms with E-state index >= 15 is 0 Å². The number of hydrogen-bond acceptors (Lipinski definition) is 13. The van der Waals surface area contributed by atoms with Crippen molar-refractivity contribution in [1.82, 2.24) is 0 Å². The van der Waals surface area contributed by atoms with Gasteiger partial charge in [-0.25, -0.2) is 0 Å². The Hall–Kier alpha value is -2.52. The minimum atomic E-state index is -0.488. The highest BCUT2D eigenvalue weighted by atomic mass is 16.6. The van der Waals surface area contributed by atoms with Crippen LogP contribution in [0.15, 0.2) is 18.2 Å². The Balaban J connectivity index is 2.04. The standard InChI is InChI=1S/C33H57NO12/c1-32(2,3)45-30(35)7-9-37-11-13-39-15-17-41-19-21-43-28-23-27(26-34)24-29(25-28)44-22-20-42-18-16-40-14-12-38-10-8-31(36)46-33(4,5)6/h23-25H,7-22,26,34H2,1-6H3. The topological polar surface area (TPSA) is 152 Å². The Morgan fingerprint density at radius 3 is 1.11 bits per heavy atom. The first-order valence-electron chi connectivity index (χ1n) is 15.9. The molecule has 0 fully saturated rings. The molecule has 0 heterocycles. The lowest BCUT2D eigenvalue weighted by Crippen LogP contribution is -2.24. The second-order valence-corrected chi connectivity index (χ2v) is 12.1. The molecule has 13 heteroatoms. The fourth-order valence-corrected chi connectivity index (χ4v) is 3.53. The third kappa shape index (κ3) is 25.6. The van der Waals surface area contributed by atoms with Gasteiger partial charge < -0.3 is 53.1 Å². The van der Waals surface area contributed by atoms with Crippen LogP contribution in [0.2, 0.25) is 0 Å². The van der Waals surface area contributed by atoms with Crippen LogP contribution in [-0.4, -0.2) is 116 Å². The maximum Gasteiger partial charge on any atom is 0.308 e. The summed E-state index contributed by atoms with van der Waals surface area (Å²) in [5.74, 6) is 0.730. The Labute approximate surface area is 274 Å². The first-order chi connectivity index (χ1) is 21.9.